The molecule has 0 heterocycles. The topological polar surface area (TPSA) is 58.6 Å². The number of carboxylic acids is 1. The van der Waals surface area contributed by atoms with Gasteiger partial charge in [0.25, 0.3) is 0 Å². The Kier molecular flexibility index (Phi) is 6.75. The number of methoxy groups -OCH3 is 1. The van der Waals surface area contributed by atoms with Gasteiger partial charge in [-0.25, -0.2) is 9.18 Å². The summed E-state index contributed by atoms with van der Waals surface area (Å²) in [7, 11) is 1.46. The molecule has 0 radical (unpaired) electrons. The summed E-state index contributed by atoms with van der Waals surface area (Å²) in [5, 5.41) is 12.3. The van der Waals surface area contributed by atoms with Gasteiger partial charge in [-0.15, -0.1) is 0 Å². The average Bonchev–Trinajstić information content (AvgIpc) is 2.59. The normalized spacial score (nSPS) is 10.6. The number of rotatable bonds is 9. The van der Waals surface area contributed by atoms with E-state index in [0.717, 1.165) is 43.5 Å². The van der Waals surface area contributed by atoms with E-state index in [-0.39, 0.29) is 11.6 Å². The van der Waals surface area contributed by atoms with Crippen LogP contribution in [-0.2, 0) is 12.8 Å². The van der Waals surface area contributed by atoms with Crippen LogP contribution in [0, 0.1) is 5.82 Å². The van der Waals surface area contributed by atoms with Crippen molar-refractivity contribution in [1.29, 1.82) is 0 Å². The van der Waals surface area contributed by atoms with Gasteiger partial charge < -0.3 is 15.2 Å². The van der Waals surface area contributed by atoms with Crippen molar-refractivity contribution < 1.29 is 19.0 Å². The molecule has 0 aliphatic carbocycles. The number of carbonyl (C=O) groups is 1. The van der Waals surface area contributed by atoms with Crippen LogP contribution < -0.4 is 10.1 Å². The first-order valence-corrected chi connectivity index (χ1v) is 7.95. The monoisotopic (exact) mass is 331 g/mol. The van der Waals surface area contributed by atoms with Crippen LogP contribution in [0.15, 0.2) is 42.5 Å². The predicted molar refractivity (Wildman–Crippen MR) is 91.2 cm³/mol. The minimum Gasteiger partial charge on any atom is -0.494 e. The Morgan fingerprint density at radius 1 is 1.12 bits per heavy atom. The first-order valence-electron chi connectivity index (χ1n) is 7.95. The smallest absolute Gasteiger partial charge is 0.335 e. The lowest BCUT2D eigenvalue weighted by molar-refractivity contribution is 0.0696. The maximum atomic E-state index is 13.3. The molecule has 2 aromatic rings. The summed E-state index contributed by atoms with van der Waals surface area (Å²) in [6, 6.07) is 11.9. The van der Waals surface area contributed by atoms with Crippen molar-refractivity contribution in [2.75, 3.05) is 20.2 Å². The summed E-state index contributed by atoms with van der Waals surface area (Å²) in [6.45, 7) is 1.64. The minimum atomic E-state index is -0.898. The van der Waals surface area contributed by atoms with Gasteiger partial charge in [0.15, 0.2) is 11.6 Å². The molecule has 0 saturated heterocycles. The molecule has 2 aromatic carbocycles. The van der Waals surface area contributed by atoms with Crippen molar-refractivity contribution in [3.63, 3.8) is 0 Å². The second kappa shape index (κ2) is 9.03. The summed E-state index contributed by atoms with van der Waals surface area (Å²) in [5.41, 5.74) is 2.38. The van der Waals surface area contributed by atoms with Crippen LogP contribution >= 0.6 is 0 Å². The van der Waals surface area contributed by atoms with Gasteiger partial charge in [-0.2, -0.15) is 0 Å². The van der Waals surface area contributed by atoms with Gasteiger partial charge in [-0.3, -0.25) is 0 Å². The first-order chi connectivity index (χ1) is 11.6. The van der Waals surface area contributed by atoms with Gasteiger partial charge in [0.1, 0.15) is 0 Å². The molecule has 0 bridgehead atoms. The van der Waals surface area contributed by atoms with Gasteiger partial charge in [-0.05, 0) is 67.7 Å². The second-order valence-electron chi connectivity index (χ2n) is 5.58. The molecule has 0 saturated carbocycles. The Balaban J connectivity index is 1.68. The van der Waals surface area contributed by atoms with Crippen molar-refractivity contribution in [1.82, 2.24) is 5.32 Å². The average molecular weight is 331 g/mol. The number of benzene rings is 2. The second-order valence-corrected chi connectivity index (χ2v) is 5.58. The van der Waals surface area contributed by atoms with Crippen molar-refractivity contribution in [2.24, 2.45) is 0 Å². The minimum absolute atomic E-state index is 0.269. The standard InChI is InChI=1S/C19H22FNO3/c1-24-18-13-15(7-8-17(18)20)9-11-21-10-3-5-14-4-2-6-16(12-14)19(22)23/h2,4,6-8,12-13,21H,3,5,9-11H2,1H3,(H,22,23). The van der Waals surface area contributed by atoms with Crippen LogP contribution in [0.4, 0.5) is 4.39 Å². The number of nitrogens with one attached hydrogen (secondary N) is 1. The maximum absolute atomic E-state index is 13.3. The van der Waals surface area contributed by atoms with E-state index < -0.39 is 5.97 Å². The van der Waals surface area contributed by atoms with Gasteiger partial charge in [0.05, 0.1) is 12.7 Å². The fraction of sp³-hybridized carbons (Fsp3) is 0.316. The fourth-order valence-electron chi connectivity index (χ4n) is 2.49. The van der Waals surface area contributed by atoms with Crippen LogP contribution in [0.2, 0.25) is 0 Å². The largest absolute Gasteiger partial charge is 0.494 e. The highest BCUT2D eigenvalue weighted by Gasteiger charge is 2.04. The zero-order valence-corrected chi connectivity index (χ0v) is 13.7. The molecule has 0 amide bonds. The SMILES string of the molecule is COc1cc(CCNCCCc2cccc(C(=O)O)c2)ccc1F. The maximum Gasteiger partial charge on any atom is 0.335 e. The van der Waals surface area contributed by atoms with Gasteiger partial charge in [-0.1, -0.05) is 18.2 Å². The molecule has 0 aliphatic heterocycles. The van der Waals surface area contributed by atoms with Crippen molar-refractivity contribution in [3.05, 3.63) is 65.0 Å². The molecule has 0 fully saturated rings. The number of halogens is 1. The van der Waals surface area contributed by atoms with E-state index in [9.17, 15) is 9.18 Å². The molecule has 2 rings (SSSR count). The predicted octanol–water partition coefficient (Wildman–Crippen LogP) is 3.30. The van der Waals surface area contributed by atoms with Crippen LogP contribution in [-0.4, -0.2) is 31.3 Å². The number of hydrogen-bond donors (Lipinski definition) is 2. The first kappa shape index (κ1) is 17.9. The Hall–Kier alpha value is -2.40. The third-order valence-electron chi connectivity index (χ3n) is 3.80. The van der Waals surface area contributed by atoms with Crippen LogP contribution in [0.25, 0.3) is 0 Å². The summed E-state index contributed by atoms with van der Waals surface area (Å²) < 4.78 is 18.3. The van der Waals surface area contributed by atoms with Crippen LogP contribution in [0.5, 0.6) is 5.75 Å². The van der Waals surface area contributed by atoms with E-state index in [2.05, 4.69) is 5.32 Å². The van der Waals surface area contributed by atoms with E-state index in [4.69, 9.17) is 9.84 Å². The Labute approximate surface area is 141 Å². The van der Waals surface area contributed by atoms with E-state index in [1.165, 1.54) is 13.2 Å². The van der Waals surface area contributed by atoms with Gasteiger partial charge >= 0.3 is 5.97 Å². The summed E-state index contributed by atoms with van der Waals surface area (Å²) >= 11 is 0. The lowest BCUT2D eigenvalue weighted by Crippen LogP contribution is -2.19. The molecule has 24 heavy (non-hydrogen) atoms. The molecule has 0 unspecified atom stereocenters. The highest BCUT2D eigenvalue weighted by Crippen LogP contribution is 2.18. The van der Waals surface area contributed by atoms with Gasteiger partial charge in [0.2, 0.25) is 0 Å². The zero-order chi connectivity index (χ0) is 17.4. The van der Waals surface area contributed by atoms with Crippen molar-refractivity contribution in [2.45, 2.75) is 19.3 Å². The molecule has 0 aromatic heterocycles. The van der Waals surface area contributed by atoms with Crippen LogP contribution in [0.1, 0.15) is 27.9 Å². The third-order valence-corrected chi connectivity index (χ3v) is 3.80. The summed E-state index contributed by atoms with van der Waals surface area (Å²) in [4.78, 5) is 10.9. The van der Waals surface area contributed by atoms with Crippen LogP contribution in [0.3, 0.4) is 0 Å². The lowest BCUT2D eigenvalue weighted by Gasteiger charge is -2.07. The van der Waals surface area contributed by atoms with E-state index >= 15 is 0 Å². The Morgan fingerprint density at radius 3 is 2.67 bits per heavy atom. The van der Waals surface area contributed by atoms with E-state index in [0.29, 0.717) is 5.56 Å². The number of ether oxygens (including phenoxy) is 1. The van der Waals surface area contributed by atoms with Crippen molar-refractivity contribution >= 4 is 5.97 Å². The Morgan fingerprint density at radius 2 is 1.92 bits per heavy atom. The molecule has 0 spiro atoms. The number of hydrogen-bond acceptors (Lipinski definition) is 3. The number of aryl methyl sites for hydroxylation is 1. The molecule has 4 nitrogen and oxygen atoms in total. The van der Waals surface area contributed by atoms with E-state index in [1.807, 2.05) is 6.07 Å². The van der Waals surface area contributed by atoms with Crippen molar-refractivity contribution in [3.8, 4) is 5.75 Å². The third kappa shape index (κ3) is 5.35. The van der Waals surface area contributed by atoms with E-state index in [1.54, 1.807) is 30.3 Å². The molecule has 0 aliphatic rings. The number of aromatic carboxylic acids is 1. The lowest BCUT2D eigenvalue weighted by atomic mass is 10.1. The molecule has 5 heteroatoms. The zero-order valence-electron chi connectivity index (χ0n) is 13.7. The summed E-state index contributed by atoms with van der Waals surface area (Å²) in [5.74, 6) is -0.978. The van der Waals surface area contributed by atoms with Gasteiger partial charge in [0, 0.05) is 0 Å². The molecular weight excluding hydrogens is 309 g/mol. The number of carboxylic acid groups (broad SMARTS) is 1. The quantitative estimate of drug-likeness (QED) is 0.692. The molecule has 0 atom stereocenters. The molecule has 2 N–H and O–H groups in total. The fourth-order valence-corrected chi connectivity index (χ4v) is 2.49. The molecule has 128 valence electrons. The summed E-state index contributed by atoms with van der Waals surface area (Å²) in [6.07, 6.45) is 2.56. The highest BCUT2D eigenvalue weighted by atomic mass is 19.1. The Bertz CT molecular complexity index is 688. The highest BCUT2D eigenvalue weighted by molar-refractivity contribution is 5.87. The molecular formula is C19H22FNO3.